The zero-order chi connectivity index (χ0) is 14.1. The molecule has 1 aromatic heterocycles. The molecule has 0 aromatic carbocycles. The van der Waals surface area contributed by atoms with Gasteiger partial charge in [-0.25, -0.2) is 9.97 Å². The molecule has 0 spiro atoms. The standard InChI is InChI=1S/C15H24N4O/c1-10-13(16-2)17-14(12-4-5-12)18-15(10)19-7-6-11(8-19)9-20-3/h11-12H,4-9H2,1-3H3,(H,16,17,18). The summed E-state index contributed by atoms with van der Waals surface area (Å²) in [4.78, 5) is 11.9. The highest BCUT2D eigenvalue weighted by Crippen LogP contribution is 2.40. The van der Waals surface area contributed by atoms with E-state index < -0.39 is 0 Å². The molecule has 3 rings (SSSR count). The van der Waals surface area contributed by atoms with Crippen LogP contribution in [0.25, 0.3) is 0 Å². The number of anilines is 2. The molecule has 1 aliphatic heterocycles. The quantitative estimate of drug-likeness (QED) is 0.893. The van der Waals surface area contributed by atoms with E-state index in [1.807, 2.05) is 7.05 Å². The molecule has 1 unspecified atom stereocenters. The van der Waals surface area contributed by atoms with Crippen molar-refractivity contribution in [3.8, 4) is 0 Å². The molecule has 5 nitrogen and oxygen atoms in total. The molecule has 20 heavy (non-hydrogen) atoms. The highest BCUT2D eigenvalue weighted by molar-refractivity contribution is 5.59. The van der Waals surface area contributed by atoms with Crippen LogP contribution in [0.1, 0.15) is 36.6 Å². The molecule has 0 radical (unpaired) electrons. The van der Waals surface area contributed by atoms with Crippen molar-refractivity contribution in [1.82, 2.24) is 9.97 Å². The Hall–Kier alpha value is -1.36. The monoisotopic (exact) mass is 276 g/mol. The fourth-order valence-corrected chi connectivity index (χ4v) is 2.99. The van der Waals surface area contributed by atoms with Crippen molar-refractivity contribution in [2.24, 2.45) is 5.92 Å². The Morgan fingerprint density at radius 1 is 1.30 bits per heavy atom. The predicted molar refractivity (Wildman–Crippen MR) is 80.5 cm³/mol. The molecule has 2 aliphatic rings. The number of aromatic nitrogens is 2. The van der Waals surface area contributed by atoms with Gasteiger partial charge in [0, 0.05) is 44.6 Å². The summed E-state index contributed by atoms with van der Waals surface area (Å²) in [5.74, 6) is 4.32. The lowest BCUT2D eigenvalue weighted by Gasteiger charge is -2.22. The molecule has 5 heteroatoms. The van der Waals surface area contributed by atoms with Crippen LogP contribution in [0.5, 0.6) is 0 Å². The molecule has 1 saturated heterocycles. The first-order valence-corrected chi connectivity index (χ1v) is 7.53. The van der Waals surface area contributed by atoms with E-state index in [2.05, 4.69) is 22.1 Å². The van der Waals surface area contributed by atoms with Crippen molar-refractivity contribution in [3.05, 3.63) is 11.4 Å². The summed E-state index contributed by atoms with van der Waals surface area (Å²) in [7, 11) is 3.72. The highest BCUT2D eigenvalue weighted by atomic mass is 16.5. The Balaban J connectivity index is 1.86. The van der Waals surface area contributed by atoms with Crippen molar-refractivity contribution >= 4 is 11.6 Å². The van der Waals surface area contributed by atoms with Crippen molar-refractivity contribution in [2.45, 2.75) is 32.1 Å². The topological polar surface area (TPSA) is 50.3 Å². The molecule has 0 bridgehead atoms. The average molecular weight is 276 g/mol. The van der Waals surface area contributed by atoms with Crippen molar-refractivity contribution in [3.63, 3.8) is 0 Å². The van der Waals surface area contributed by atoms with Gasteiger partial charge in [0.1, 0.15) is 17.5 Å². The van der Waals surface area contributed by atoms with E-state index in [0.717, 1.165) is 42.7 Å². The SMILES string of the molecule is CNc1nc(C2CC2)nc(N2CCC(COC)C2)c1C. The summed E-state index contributed by atoms with van der Waals surface area (Å²) in [6.07, 6.45) is 3.65. The largest absolute Gasteiger partial charge is 0.384 e. The number of methoxy groups -OCH3 is 1. The van der Waals surface area contributed by atoms with Gasteiger partial charge in [0.2, 0.25) is 0 Å². The van der Waals surface area contributed by atoms with Crippen LogP contribution in [-0.2, 0) is 4.74 Å². The van der Waals surface area contributed by atoms with Gasteiger partial charge in [-0.05, 0) is 26.2 Å². The van der Waals surface area contributed by atoms with E-state index in [1.54, 1.807) is 7.11 Å². The van der Waals surface area contributed by atoms with E-state index in [0.29, 0.717) is 11.8 Å². The smallest absolute Gasteiger partial charge is 0.137 e. The lowest BCUT2D eigenvalue weighted by molar-refractivity contribution is 0.161. The minimum atomic E-state index is 0.582. The lowest BCUT2D eigenvalue weighted by Crippen LogP contribution is -2.24. The lowest BCUT2D eigenvalue weighted by atomic mass is 10.1. The molecule has 2 fully saturated rings. The number of hydrogen-bond acceptors (Lipinski definition) is 5. The minimum absolute atomic E-state index is 0.582. The molecule has 1 aromatic rings. The van der Waals surface area contributed by atoms with Gasteiger partial charge in [0.15, 0.2) is 0 Å². The van der Waals surface area contributed by atoms with E-state index in [1.165, 1.54) is 19.3 Å². The molecule has 1 atom stereocenters. The minimum Gasteiger partial charge on any atom is -0.384 e. The van der Waals surface area contributed by atoms with Crippen LogP contribution in [0.15, 0.2) is 0 Å². The number of ether oxygens (including phenoxy) is 1. The van der Waals surface area contributed by atoms with E-state index in [-0.39, 0.29) is 0 Å². The number of rotatable bonds is 5. The first-order chi connectivity index (χ1) is 9.72. The fraction of sp³-hybridized carbons (Fsp3) is 0.733. The van der Waals surface area contributed by atoms with Gasteiger partial charge in [0.25, 0.3) is 0 Å². The van der Waals surface area contributed by atoms with Crippen LogP contribution in [0.4, 0.5) is 11.6 Å². The third kappa shape index (κ3) is 2.59. The summed E-state index contributed by atoms with van der Waals surface area (Å²) in [5.41, 5.74) is 1.16. The molecular formula is C15H24N4O. The Morgan fingerprint density at radius 2 is 2.10 bits per heavy atom. The maximum atomic E-state index is 5.29. The first-order valence-electron chi connectivity index (χ1n) is 7.53. The Bertz CT molecular complexity index is 487. The summed E-state index contributed by atoms with van der Waals surface area (Å²) < 4.78 is 5.29. The second-order valence-electron chi connectivity index (χ2n) is 5.96. The Labute approximate surface area is 120 Å². The maximum absolute atomic E-state index is 5.29. The third-order valence-corrected chi connectivity index (χ3v) is 4.30. The van der Waals surface area contributed by atoms with Gasteiger partial charge in [-0.3, -0.25) is 0 Å². The predicted octanol–water partition coefficient (Wildman–Crippen LogP) is 2.18. The van der Waals surface area contributed by atoms with Crippen LogP contribution in [0.2, 0.25) is 0 Å². The number of hydrogen-bond donors (Lipinski definition) is 1. The van der Waals surface area contributed by atoms with Crippen LogP contribution in [-0.4, -0.2) is 43.8 Å². The van der Waals surface area contributed by atoms with Crippen molar-refractivity contribution in [1.29, 1.82) is 0 Å². The molecule has 2 heterocycles. The van der Waals surface area contributed by atoms with E-state index in [4.69, 9.17) is 9.72 Å². The van der Waals surface area contributed by atoms with Crippen LogP contribution in [0.3, 0.4) is 0 Å². The van der Waals surface area contributed by atoms with E-state index >= 15 is 0 Å². The van der Waals surface area contributed by atoms with Gasteiger partial charge in [-0.2, -0.15) is 0 Å². The highest BCUT2D eigenvalue weighted by Gasteiger charge is 2.30. The normalized spacial score (nSPS) is 22.4. The van der Waals surface area contributed by atoms with Crippen molar-refractivity contribution < 1.29 is 4.74 Å². The first kappa shape index (κ1) is 13.6. The third-order valence-electron chi connectivity index (χ3n) is 4.30. The van der Waals surface area contributed by atoms with Crippen molar-refractivity contribution in [2.75, 3.05) is 44.1 Å². The summed E-state index contributed by atoms with van der Waals surface area (Å²) >= 11 is 0. The van der Waals surface area contributed by atoms with Crippen LogP contribution in [0, 0.1) is 12.8 Å². The summed E-state index contributed by atoms with van der Waals surface area (Å²) in [6, 6.07) is 0. The van der Waals surface area contributed by atoms with Crippen LogP contribution < -0.4 is 10.2 Å². The number of nitrogens with one attached hydrogen (secondary N) is 1. The maximum Gasteiger partial charge on any atom is 0.137 e. The average Bonchev–Trinajstić information content (AvgIpc) is 3.20. The second-order valence-corrected chi connectivity index (χ2v) is 5.96. The van der Waals surface area contributed by atoms with Gasteiger partial charge >= 0.3 is 0 Å². The van der Waals surface area contributed by atoms with Gasteiger partial charge in [-0.1, -0.05) is 0 Å². The van der Waals surface area contributed by atoms with E-state index in [9.17, 15) is 0 Å². The van der Waals surface area contributed by atoms with Gasteiger partial charge < -0.3 is 15.0 Å². The summed E-state index contributed by atoms with van der Waals surface area (Å²) in [5, 5.41) is 3.22. The zero-order valence-electron chi connectivity index (χ0n) is 12.6. The molecule has 1 saturated carbocycles. The fourth-order valence-electron chi connectivity index (χ4n) is 2.99. The number of nitrogens with zero attached hydrogens (tertiary/aromatic N) is 3. The van der Waals surface area contributed by atoms with Gasteiger partial charge in [-0.15, -0.1) is 0 Å². The Morgan fingerprint density at radius 3 is 2.75 bits per heavy atom. The Kier molecular flexibility index (Phi) is 3.78. The zero-order valence-corrected chi connectivity index (χ0v) is 12.6. The summed E-state index contributed by atoms with van der Waals surface area (Å²) in [6.45, 7) is 5.06. The molecule has 110 valence electrons. The molecule has 1 aliphatic carbocycles. The molecule has 0 amide bonds. The van der Waals surface area contributed by atoms with Gasteiger partial charge in [0.05, 0.1) is 6.61 Å². The molecular weight excluding hydrogens is 252 g/mol. The second kappa shape index (κ2) is 5.56. The van der Waals surface area contributed by atoms with Crippen LogP contribution >= 0.6 is 0 Å². The molecule has 1 N–H and O–H groups in total.